The van der Waals surface area contributed by atoms with Crippen LogP contribution >= 0.6 is 12.4 Å². The topological polar surface area (TPSA) is 53.6 Å². The molecule has 5 atom stereocenters. The van der Waals surface area contributed by atoms with E-state index in [9.17, 15) is 4.79 Å². The Balaban J connectivity index is 0.00000231. The molecule has 166 valence electrons. The number of carbonyl (C=O) groups is 1. The molecule has 1 aliphatic carbocycles. The summed E-state index contributed by atoms with van der Waals surface area (Å²) in [7, 11) is 3.64. The van der Waals surface area contributed by atoms with Crippen LogP contribution in [0.3, 0.4) is 0 Å². The number of nitrogens with one attached hydrogen (secondary N) is 2. The SMILES string of the molecule is COc1cc2c(cc1CNC1CCC(C)NC1c1ccccc1)N(C)C(=O)[C@@H]1CC21.Cl. The number of nitrogens with zero attached hydrogens (tertiary/aromatic N) is 1. The van der Waals surface area contributed by atoms with Gasteiger partial charge in [-0.3, -0.25) is 4.79 Å². The highest BCUT2D eigenvalue weighted by Crippen LogP contribution is 2.56. The minimum Gasteiger partial charge on any atom is -0.496 e. The lowest BCUT2D eigenvalue weighted by atomic mass is 9.89. The van der Waals surface area contributed by atoms with E-state index in [0.29, 0.717) is 18.0 Å². The number of amides is 1. The van der Waals surface area contributed by atoms with Crippen molar-refractivity contribution < 1.29 is 9.53 Å². The molecule has 2 N–H and O–H groups in total. The van der Waals surface area contributed by atoms with Crippen LogP contribution in [0.15, 0.2) is 42.5 Å². The summed E-state index contributed by atoms with van der Waals surface area (Å²) in [6.45, 7) is 2.98. The van der Waals surface area contributed by atoms with Gasteiger partial charge in [0, 0.05) is 48.9 Å². The second-order valence-corrected chi connectivity index (χ2v) is 9.09. The number of carbonyl (C=O) groups excluding carboxylic acids is 1. The van der Waals surface area contributed by atoms with Crippen molar-refractivity contribution >= 4 is 24.0 Å². The molecule has 2 heterocycles. The van der Waals surface area contributed by atoms with E-state index in [-0.39, 0.29) is 30.3 Å². The molecule has 2 aliphatic heterocycles. The third kappa shape index (κ3) is 4.07. The number of halogens is 1. The van der Waals surface area contributed by atoms with Crippen LogP contribution in [0.1, 0.15) is 54.8 Å². The number of benzene rings is 2. The van der Waals surface area contributed by atoms with E-state index in [4.69, 9.17) is 4.74 Å². The minimum absolute atomic E-state index is 0. The molecule has 4 unspecified atom stereocenters. The zero-order valence-electron chi connectivity index (χ0n) is 18.4. The summed E-state index contributed by atoms with van der Waals surface area (Å²) in [6.07, 6.45) is 3.26. The molecular formula is C25H32ClN3O2. The standard InChI is InChI=1S/C25H31N3O2.ClH/c1-15-9-10-21(24(27-15)16-7-5-4-6-8-16)26-14-17-11-22-19(13-23(17)30-3)18-12-20(18)25(29)28(22)2;/h4-8,11,13,15,18,20-21,24,26-27H,9-10,12,14H2,1-3H3;1H/t15?,18?,20-,21?,24?;/m1./s1. The van der Waals surface area contributed by atoms with Crippen LogP contribution in [-0.2, 0) is 11.3 Å². The van der Waals surface area contributed by atoms with Crippen molar-refractivity contribution in [1.29, 1.82) is 0 Å². The number of piperidine rings is 1. The van der Waals surface area contributed by atoms with Gasteiger partial charge in [0.2, 0.25) is 5.91 Å². The van der Waals surface area contributed by atoms with Crippen molar-refractivity contribution in [3.05, 3.63) is 59.2 Å². The Labute approximate surface area is 191 Å². The summed E-state index contributed by atoms with van der Waals surface area (Å²) in [6, 6.07) is 16.2. The fraction of sp³-hybridized carbons (Fsp3) is 0.480. The number of hydrogen-bond donors (Lipinski definition) is 2. The van der Waals surface area contributed by atoms with Crippen LogP contribution < -0.4 is 20.3 Å². The van der Waals surface area contributed by atoms with Gasteiger partial charge in [-0.05, 0) is 55.4 Å². The molecule has 1 amide bonds. The summed E-state index contributed by atoms with van der Waals surface area (Å²) in [4.78, 5) is 14.3. The van der Waals surface area contributed by atoms with Gasteiger partial charge in [0.15, 0.2) is 0 Å². The Morgan fingerprint density at radius 3 is 2.68 bits per heavy atom. The number of anilines is 1. The average molecular weight is 442 g/mol. The lowest BCUT2D eigenvalue weighted by Crippen LogP contribution is -2.49. The van der Waals surface area contributed by atoms with E-state index >= 15 is 0 Å². The summed E-state index contributed by atoms with van der Waals surface area (Å²) in [5.74, 6) is 1.73. The predicted molar refractivity (Wildman–Crippen MR) is 126 cm³/mol. The molecule has 1 saturated carbocycles. The first-order valence-corrected chi connectivity index (χ1v) is 11.1. The van der Waals surface area contributed by atoms with Crippen molar-refractivity contribution in [2.45, 2.75) is 56.8 Å². The van der Waals surface area contributed by atoms with E-state index in [2.05, 4.69) is 60.0 Å². The van der Waals surface area contributed by atoms with Crippen LogP contribution in [0.2, 0.25) is 0 Å². The summed E-state index contributed by atoms with van der Waals surface area (Å²) < 4.78 is 5.75. The number of fused-ring (bicyclic) bond motifs is 3. The van der Waals surface area contributed by atoms with E-state index in [1.165, 1.54) is 11.1 Å². The summed E-state index contributed by atoms with van der Waals surface area (Å²) >= 11 is 0. The molecule has 5 nitrogen and oxygen atoms in total. The largest absolute Gasteiger partial charge is 0.496 e. The molecule has 2 fully saturated rings. The fourth-order valence-electron chi connectivity index (χ4n) is 5.27. The first kappa shape index (κ1) is 22.1. The first-order chi connectivity index (χ1) is 14.6. The van der Waals surface area contributed by atoms with E-state index in [1.807, 2.05) is 11.9 Å². The van der Waals surface area contributed by atoms with Crippen LogP contribution in [0.4, 0.5) is 5.69 Å². The fourth-order valence-corrected chi connectivity index (χ4v) is 5.27. The third-order valence-corrected chi connectivity index (χ3v) is 7.12. The molecule has 6 heteroatoms. The van der Waals surface area contributed by atoms with Crippen LogP contribution in [-0.4, -0.2) is 32.1 Å². The van der Waals surface area contributed by atoms with Crippen molar-refractivity contribution in [2.24, 2.45) is 5.92 Å². The van der Waals surface area contributed by atoms with Gasteiger partial charge in [-0.15, -0.1) is 12.4 Å². The summed E-state index contributed by atoms with van der Waals surface area (Å²) in [5.41, 5.74) is 4.74. The molecular weight excluding hydrogens is 410 g/mol. The van der Waals surface area contributed by atoms with Crippen LogP contribution in [0, 0.1) is 5.92 Å². The molecule has 0 radical (unpaired) electrons. The van der Waals surface area contributed by atoms with Gasteiger partial charge in [-0.1, -0.05) is 30.3 Å². The van der Waals surface area contributed by atoms with E-state index in [0.717, 1.165) is 42.8 Å². The Bertz CT molecular complexity index is 951. The maximum Gasteiger partial charge on any atom is 0.230 e. The quantitative estimate of drug-likeness (QED) is 0.731. The van der Waals surface area contributed by atoms with Crippen LogP contribution in [0.5, 0.6) is 5.75 Å². The van der Waals surface area contributed by atoms with Gasteiger partial charge in [-0.2, -0.15) is 0 Å². The van der Waals surface area contributed by atoms with Crippen molar-refractivity contribution in [3.8, 4) is 5.75 Å². The molecule has 2 aromatic carbocycles. The molecule has 3 aliphatic rings. The third-order valence-electron chi connectivity index (χ3n) is 7.12. The number of ether oxygens (including phenoxy) is 1. The molecule has 2 aromatic rings. The highest BCUT2D eigenvalue weighted by molar-refractivity contribution is 6.01. The normalized spacial score (nSPS) is 28.9. The zero-order chi connectivity index (χ0) is 20.8. The van der Waals surface area contributed by atoms with Gasteiger partial charge >= 0.3 is 0 Å². The molecule has 0 aromatic heterocycles. The lowest BCUT2D eigenvalue weighted by Gasteiger charge is -2.37. The number of methoxy groups -OCH3 is 1. The highest BCUT2D eigenvalue weighted by atomic mass is 35.5. The molecule has 31 heavy (non-hydrogen) atoms. The second kappa shape index (κ2) is 8.81. The Hall–Kier alpha value is -2.08. The van der Waals surface area contributed by atoms with Crippen molar-refractivity contribution in [2.75, 3.05) is 19.1 Å². The van der Waals surface area contributed by atoms with Crippen molar-refractivity contribution in [1.82, 2.24) is 10.6 Å². The maximum atomic E-state index is 12.5. The van der Waals surface area contributed by atoms with Gasteiger partial charge < -0.3 is 20.3 Å². The second-order valence-electron chi connectivity index (χ2n) is 9.09. The van der Waals surface area contributed by atoms with Gasteiger partial charge in [-0.25, -0.2) is 0 Å². The molecule has 5 rings (SSSR count). The lowest BCUT2D eigenvalue weighted by molar-refractivity contribution is -0.119. The van der Waals surface area contributed by atoms with Crippen LogP contribution in [0.25, 0.3) is 0 Å². The Kier molecular flexibility index (Phi) is 6.29. The predicted octanol–water partition coefficient (Wildman–Crippen LogP) is 4.17. The maximum absolute atomic E-state index is 12.5. The van der Waals surface area contributed by atoms with Crippen molar-refractivity contribution in [3.63, 3.8) is 0 Å². The number of rotatable bonds is 5. The Morgan fingerprint density at radius 2 is 1.94 bits per heavy atom. The number of hydrogen-bond acceptors (Lipinski definition) is 4. The van der Waals surface area contributed by atoms with E-state index in [1.54, 1.807) is 7.11 Å². The van der Waals surface area contributed by atoms with E-state index < -0.39 is 0 Å². The first-order valence-electron chi connectivity index (χ1n) is 11.1. The minimum atomic E-state index is 0. The zero-order valence-corrected chi connectivity index (χ0v) is 19.2. The summed E-state index contributed by atoms with van der Waals surface area (Å²) in [5, 5.41) is 7.57. The van der Waals surface area contributed by atoms with Gasteiger partial charge in [0.25, 0.3) is 0 Å². The van der Waals surface area contributed by atoms with Gasteiger partial charge in [0.05, 0.1) is 7.11 Å². The van der Waals surface area contributed by atoms with Gasteiger partial charge in [0.1, 0.15) is 5.75 Å². The average Bonchev–Trinajstić information content (AvgIpc) is 3.58. The highest BCUT2D eigenvalue weighted by Gasteiger charge is 2.50. The molecule has 1 saturated heterocycles. The smallest absolute Gasteiger partial charge is 0.230 e. The monoisotopic (exact) mass is 441 g/mol. The molecule has 0 bridgehead atoms. The molecule has 0 spiro atoms. The Morgan fingerprint density at radius 1 is 1.16 bits per heavy atom.